The molecule has 1 aromatic heterocycles. The maximum Gasteiger partial charge on any atom is 0.274 e. The third kappa shape index (κ3) is 6.04. The van der Waals surface area contributed by atoms with E-state index in [0.29, 0.717) is 48.9 Å². The molecule has 3 aliphatic heterocycles. The fourth-order valence-corrected chi connectivity index (χ4v) is 6.70. The number of carbonyl (C=O) groups excluding carboxylic acids is 1. The zero-order valence-electron chi connectivity index (χ0n) is 22.5. The molecule has 3 saturated heterocycles. The second kappa shape index (κ2) is 12.8. The number of carbonyl (C=O) groups is 1. The van der Waals surface area contributed by atoms with Crippen molar-refractivity contribution in [2.45, 2.75) is 56.4 Å². The summed E-state index contributed by atoms with van der Waals surface area (Å²) in [6, 6.07) is 7.34. The Morgan fingerprint density at radius 1 is 1.03 bits per heavy atom. The van der Waals surface area contributed by atoms with Crippen LogP contribution < -0.4 is 0 Å². The molecular weight excluding hydrogens is 502 g/mol. The summed E-state index contributed by atoms with van der Waals surface area (Å²) in [6.07, 6.45) is 6.57. The number of nitrogens with zero attached hydrogens (tertiary/aromatic N) is 5. The summed E-state index contributed by atoms with van der Waals surface area (Å²) in [4.78, 5) is 21.0. The summed E-state index contributed by atoms with van der Waals surface area (Å²) >= 11 is -2.15. The molecule has 3 aliphatic rings. The maximum atomic E-state index is 13.7. The van der Waals surface area contributed by atoms with Gasteiger partial charge < -0.3 is 19.1 Å². The number of likely N-dealkylation sites (tertiary alicyclic amines) is 2. The second-order valence-corrected chi connectivity index (χ2v) is 11.6. The van der Waals surface area contributed by atoms with Gasteiger partial charge in [0.05, 0.1) is 29.8 Å². The van der Waals surface area contributed by atoms with Gasteiger partial charge >= 0.3 is 0 Å². The van der Waals surface area contributed by atoms with E-state index in [-0.39, 0.29) is 11.9 Å². The van der Waals surface area contributed by atoms with E-state index in [0.717, 1.165) is 50.3 Å². The number of hydrogen-bond acceptors (Lipinski definition) is 6. The maximum absolute atomic E-state index is 13.7. The SMILES string of the molecule is CCc1c(C(=O)N2CCOCC2)nn([C@H]2CCCN(CCN3CCCCC3)C2)c1-c1ccccc1S(=O)O. The molecule has 2 atom stereocenters. The minimum Gasteiger partial charge on any atom is -0.378 e. The summed E-state index contributed by atoms with van der Waals surface area (Å²) < 4.78 is 29.9. The van der Waals surface area contributed by atoms with Gasteiger partial charge in [-0.3, -0.25) is 14.4 Å². The van der Waals surface area contributed by atoms with Crippen LogP contribution in [0.25, 0.3) is 11.3 Å². The number of aromatic nitrogens is 2. The topological polar surface area (TPSA) is 91.1 Å². The molecule has 38 heavy (non-hydrogen) atoms. The molecule has 1 amide bonds. The van der Waals surface area contributed by atoms with Crippen molar-refractivity contribution in [1.82, 2.24) is 24.5 Å². The fraction of sp³-hybridized carbons (Fsp3) is 0.643. The molecule has 0 spiro atoms. The molecule has 0 bridgehead atoms. The smallest absolute Gasteiger partial charge is 0.274 e. The van der Waals surface area contributed by atoms with Crippen molar-refractivity contribution in [2.24, 2.45) is 0 Å². The quantitative estimate of drug-likeness (QED) is 0.511. The molecule has 0 saturated carbocycles. The van der Waals surface area contributed by atoms with Crippen LogP contribution in [0.4, 0.5) is 0 Å². The van der Waals surface area contributed by atoms with E-state index in [4.69, 9.17) is 9.84 Å². The van der Waals surface area contributed by atoms with E-state index in [1.165, 1.54) is 32.4 Å². The highest BCUT2D eigenvalue weighted by molar-refractivity contribution is 7.79. The number of hydrogen-bond donors (Lipinski definition) is 1. The minimum absolute atomic E-state index is 0.0782. The van der Waals surface area contributed by atoms with Gasteiger partial charge in [0.15, 0.2) is 16.8 Å². The zero-order chi connectivity index (χ0) is 26.5. The Hall–Kier alpha value is -2.11. The van der Waals surface area contributed by atoms with Crippen LogP contribution in [0.5, 0.6) is 0 Å². The molecule has 3 fully saturated rings. The molecule has 1 unspecified atom stereocenters. The first kappa shape index (κ1) is 27.5. The number of benzene rings is 1. The van der Waals surface area contributed by atoms with E-state index < -0.39 is 11.1 Å². The van der Waals surface area contributed by atoms with E-state index in [9.17, 15) is 13.6 Å². The Labute approximate surface area is 228 Å². The zero-order valence-corrected chi connectivity index (χ0v) is 23.3. The number of rotatable bonds is 8. The Morgan fingerprint density at radius 3 is 2.47 bits per heavy atom. The normalized spacial score (nSPS) is 22.5. The van der Waals surface area contributed by atoms with Crippen molar-refractivity contribution < 1.29 is 18.3 Å². The van der Waals surface area contributed by atoms with E-state index in [1.807, 2.05) is 28.6 Å². The van der Waals surface area contributed by atoms with Gasteiger partial charge in [-0.05, 0) is 57.8 Å². The Bertz CT molecular complexity index is 1130. The van der Waals surface area contributed by atoms with Crippen molar-refractivity contribution in [3.05, 3.63) is 35.5 Å². The lowest BCUT2D eigenvalue weighted by Gasteiger charge is -2.35. The van der Waals surface area contributed by atoms with Crippen molar-refractivity contribution in [2.75, 3.05) is 65.6 Å². The van der Waals surface area contributed by atoms with Gasteiger partial charge in [-0.2, -0.15) is 5.10 Å². The van der Waals surface area contributed by atoms with Gasteiger partial charge in [-0.15, -0.1) is 0 Å². The van der Waals surface area contributed by atoms with Crippen molar-refractivity contribution in [3.63, 3.8) is 0 Å². The Kier molecular flexibility index (Phi) is 9.27. The molecule has 208 valence electrons. The predicted octanol–water partition coefficient (Wildman–Crippen LogP) is 3.29. The Balaban J connectivity index is 1.49. The lowest BCUT2D eigenvalue weighted by molar-refractivity contribution is 0.0297. The summed E-state index contributed by atoms with van der Waals surface area (Å²) in [5, 5.41) is 5.01. The molecule has 10 heteroatoms. The average Bonchev–Trinajstić information content (AvgIpc) is 3.36. The third-order valence-corrected chi connectivity index (χ3v) is 8.93. The largest absolute Gasteiger partial charge is 0.378 e. The van der Waals surface area contributed by atoms with Crippen LogP contribution in [0.1, 0.15) is 61.1 Å². The molecule has 5 rings (SSSR count). The molecule has 2 aromatic rings. The Morgan fingerprint density at radius 2 is 1.74 bits per heavy atom. The molecule has 1 aromatic carbocycles. The first-order chi connectivity index (χ1) is 18.6. The summed E-state index contributed by atoms with van der Waals surface area (Å²) in [7, 11) is 0. The van der Waals surface area contributed by atoms with Crippen LogP contribution in [-0.4, -0.2) is 105 Å². The van der Waals surface area contributed by atoms with Gasteiger partial charge in [0.25, 0.3) is 5.91 Å². The summed E-state index contributed by atoms with van der Waals surface area (Å²) in [5.74, 6) is -0.0782. The monoisotopic (exact) mass is 543 g/mol. The molecular formula is C28H41N5O4S. The van der Waals surface area contributed by atoms with Crippen molar-refractivity contribution in [3.8, 4) is 11.3 Å². The lowest BCUT2D eigenvalue weighted by Crippen LogP contribution is -2.43. The van der Waals surface area contributed by atoms with Crippen molar-refractivity contribution in [1.29, 1.82) is 0 Å². The number of piperidine rings is 2. The third-order valence-electron chi connectivity index (χ3n) is 8.20. The summed E-state index contributed by atoms with van der Waals surface area (Å²) in [6.45, 7) is 10.6. The minimum atomic E-state index is -2.15. The van der Waals surface area contributed by atoms with E-state index >= 15 is 0 Å². The highest BCUT2D eigenvalue weighted by Gasteiger charge is 2.32. The van der Waals surface area contributed by atoms with Crippen LogP contribution in [0.3, 0.4) is 0 Å². The van der Waals surface area contributed by atoms with Gasteiger partial charge in [-0.25, -0.2) is 4.21 Å². The van der Waals surface area contributed by atoms with Gasteiger partial charge in [0, 0.05) is 43.9 Å². The molecule has 9 nitrogen and oxygen atoms in total. The average molecular weight is 544 g/mol. The molecule has 1 N–H and O–H groups in total. The first-order valence-electron chi connectivity index (χ1n) is 14.2. The number of amides is 1. The first-order valence-corrected chi connectivity index (χ1v) is 15.3. The van der Waals surface area contributed by atoms with Crippen LogP contribution in [-0.2, 0) is 22.2 Å². The van der Waals surface area contributed by atoms with Crippen molar-refractivity contribution >= 4 is 17.0 Å². The molecule has 0 aliphatic carbocycles. The number of morpholine rings is 1. The fourth-order valence-electron chi connectivity index (χ4n) is 6.16. The van der Waals surface area contributed by atoms with Crippen LogP contribution >= 0.6 is 0 Å². The number of ether oxygens (including phenoxy) is 1. The summed E-state index contributed by atoms with van der Waals surface area (Å²) in [5.41, 5.74) is 2.81. The van der Waals surface area contributed by atoms with Gasteiger partial charge in [0.1, 0.15) is 0 Å². The molecule has 0 radical (unpaired) electrons. The van der Waals surface area contributed by atoms with Gasteiger partial charge in [0.2, 0.25) is 0 Å². The standard InChI is InChI=1S/C28H41N5O4S/c1-2-23-26(28(34)32-17-19-37-20-18-32)29-33(27(23)24-10-4-5-11-25(24)38(35)36)22-9-8-14-31(21-22)16-15-30-12-6-3-7-13-30/h4-5,10-11,22H,2-3,6-9,12-21H2,1H3,(H,35,36)/t22-/m0/s1. The van der Waals surface area contributed by atoms with Crippen LogP contribution in [0.15, 0.2) is 29.2 Å². The lowest BCUT2D eigenvalue weighted by atomic mass is 10.0. The highest BCUT2D eigenvalue weighted by atomic mass is 32.2. The second-order valence-electron chi connectivity index (χ2n) is 10.6. The molecule has 4 heterocycles. The van der Waals surface area contributed by atoms with Crippen LogP contribution in [0, 0.1) is 0 Å². The van der Waals surface area contributed by atoms with E-state index in [2.05, 4.69) is 9.80 Å². The van der Waals surface area contributed by atoms with Crippen LogP contribution in [0.2, 0.25) is 0 Å². The van der Waals surface area contributed by atoms with E-state index in [1.54, 1.807) is 12.1 Å². The van der Waals surface area contributed by atoms with Gasteiger partial charge in [-0.1, -0.05) is 31.5 Å². The highest BCUT2D eigenvalue weighted by Crippen LogP contribution is 2.36. The predicted molar refractivity (Wildman–Crippen MR) is 148 cm³/mol.